The number of carbonyl (C=O) groups is 1. The Morgan fingerprint density at radius 2 is 2.15 bits per heavy atom. The number of pyridine rings is 1. The maximum Gasteiger partial charge on any atom is 0.257 e. The minimum atomic E-state index is -0.396. The van der Waals surface area contributed by atoms with Crippen LogP contribution in [0.2, 0.25) is 0 Å². The van der Waals surface area contributed by atoms with Gasteiger partial charge in [0.2, 0.25) is 0 Å². The zero-order valence-corrected chi connectivity index (χ0v) is 12.0. The summed E-state index contributed by atoms with van der Waals surface area (Å²) in [5.41, 5.74) is 1.59. The highest BCUT2D eigenvalue weighted by molar-refractivity contribution is 5.94. The van der Waals surface area contributed by atoms with Crippen LogP contribution in [0.3, 0.4) is 0 Å². The number of nitrogens with zero attached hydrogens (tertiary/aromatic N) is 2. The Morgan fingerprint density at radius 1 is 1.45 bits per heavy atom. The Labute approximate surface area is 116 Å². The predicted octanol–water partition coefficient (Wildman–Crippen LogP) is 1.22. The molecule has 2 aromatic rings. The third-order valence-electron chi connectivity index (χ3n) is 3.21. The summed E-state index contributed by atoms with van der Waals surface area (Å²) in [5.74, 6) is 0.270. The maximum absolute atomic E-state index is 12.2. The number of carbonyl (C=O) groups excluding carboxylic acids is 1. The molecule has 0 saturated carbocycles. The van der Waals surface area contributed by atoms with Crippen molar-refractivity contribution >= 4 is 5.91 Å². The molecule has 2 rings (SSSR count). The summed E-state index contributed by atoms with van der Waals surface area (Å²) < 4.78 is 1.75. The summed E-state index contributed by atoms with van der Waals surface area (Å²) >= 11 is 0. The van der Waals surface area contributed by atoms with Crippen LogP contribution < -0.4 is 10.7 Å². The van der Waals surface area contributed by atoms with Crippen molar-refractivity contribution in [1.82, 2.24) is 19.9 Å². The number of aryl methyl sites for hydroxylation is 3. The SMILES string of the molecule is Cc1cnc([C@@H](C)NC(=O)c2cn(C)c(C)cc2=O)[nH]1. The number of imidazole rings is 1. The second-order valence-electron chi connectivity index (χ2n) is 4.95. The van der Waals surface area contributed by atoms with Crippen LogP contribution in [0.4, 0.5) is 0 Å². The zero-order chi connectivity index (χ0) is 14.9. The molecular weight excluding hydrogens is 256 g/mol. The summed E-state index contributed by atoms with van der Waals surface area (Å²) in [6.45, 7) is 5.52. The number of nitrogens with one attached hydrogen (secondary N) is 2. The molecule has 1 atom stereocenters. The van der Waals surface area contributed by atoms with Gasteiger partial charge in [0.05, 0.1) is 6.04 Å². The molecule has 0 fully saturated rings. The first-order valence-corrected chi connectivity index (χ1v) is 6.38. The van der Waals surface area contributed by atoms with Gasteiger partial charge in [-0.25, -0.2) is 4.98 Å². The first kappa shape index (κ1) is 14.0. The summed E-state index contributed by atoms with van der Waals surface area (Å²) in [7, 11) is 1.80. The van der Waals surface area contributed by atoms with Crippen LogP contribution in [0, 0.1) is 13.8 Å². The minimum Gasteiger partial charge on any atom is -0.354 e. The van der Waals surface area contributed by atoms with Gasteiger partial charge < -0.3 is 14.9 Å². The number of aromatic amines is 1. The molecule has 106 valence electrons. The van der Waals surface area contributed by atoms with Crippen LogP contribution in [0.15, 0.2) is 23.3 Å². The van der Waals surface area contributed by atoms with Crippen LogP contribution >= 0.6 is 0 Å². The first-order valence-electron chi connectivity index (χ1n) is 6.38. The van der Waals surface area contributed by atoms with E-state index in [0.29, 0.717) is 5.82 Å². The normalized spacial score (nSPS) is 12.2. The van der Waals surface area contributed by atoms with Crippen molar-refractivity contribution < 1.29 is 4.79 Å². The van der Waals surface area contributed by atoms with Crippen molar-refractivity contribution in [3.05, 3.63) is 51.5 Å². The van der Waals surface area contributed by atoms with Crippen molar-refractivity contribution in [3.63, 3.8) is 0 Å². The first-order chi connectivity index (χ1) is 9.38. The fourth-order valence-corrected chi connectivity index (χ4v) is 1.89. The molecule has 0 spiro atoms. The number of rotatable bonds is 3. The van der Waals surface area contributed by atoms with E-state index in [1.807, 2.05) is 20.8 Å². The lowest BCUT2D eigenvalue weighted by molar-refractivity contribution is 0.0936. The molecule has 1 amide bonds. The van der Waals surface area contributed by atoms with Crippen LogP contribution in [0.5, 0.6) is 0 Å². The van der Waals surface area contributed by atoms with E-state index in [1.165, 1.54) is 6.07 Å². The second kappa shape index (κ2) is 5.32. The van der Waals surface area contributed by atoms with Crippen LogP contribution in [-0.2, 0) is 7.05 Å². The van der Waals surface area contributed by atoms with Gasteiger partial charge in [0.15, 0.2) is 5.43 Å². The van der Waals surface area contributed by atoms with Crippen LogP contribution in [0.25, 0.3) is 0 Å². The van der Waals surface area contributed by atoms with Gasteiger partial charge in [-0.05, 0) is 20.8 Å². The largest absolute Gasteiger partial charge is 0.354 e. The van der Waals surface area contributed by atoms with Gasteiger partial charge in [-0.2, -0.15) is 0 Å². The maximum atomic E-state index is 12.2. The summed E-state index contributed by atoms with van der Waals surface area (Å²) in [5, 5.41) is 2.77. The van der Waals surface area contributed by atoms with E-state index in [0.717, 1.165) is 11.4 Å². The summed E-state index contributed by atoms with van der Waals surface area (Å²) in [4.78, 5) is 31.2. The standard InChI is InChI=1S/C14H18N4O2/c1-8-6-15-13(16-8)10(3)17-14(20)11-7-18(4)9(2)5-12(11)19/h5-7,10H,1-4H3,(H,15,16)(H,17,20)/t10-/m1/s1. The quantitative estimate of drug-likeness (QED) is 0.883. The van der Waals surface area contributed by atoms with Crippen LogP contribution in [-0.4, -0.2) is 20.4 Å². The average molecular weight is 274 g/mol. The topological polar surface area (TPSA) is 79.8 Å². The molecule has 0 unspecified atom stereocenters. The molecule has 2 aromatic heterocycles. The lowest BCUT2D eigenvalue weighted by atomic mass is 10.2. The number of hydrogen-bond acceptors (Lipinski definition) is 3. The minimum absolute atomic E-state index is 0.133. The van der Waals surface area contributed by atoms with Gasteiger partial charge >= 0.3 is 0 Å². The van der Waals surface area contributed by atoms with Crippen LogP contribution in [0.1, 0.15) is 40.5 Å². The van der Waals surface area contributed by atoms with Crippen molar-refractivity contribution in [1.29, 1.82) is 0 Å². The molecule has 2 N–H and O–H groups in total. The third kappa shape index (κ3) is 2.79. The molecular formula is C14H18N4O2. The lowest BCUT2D eigenvalue weighted by Crippen LogP contribution is -2.32. The number of hydrogen-bond donors (Lipinski definition) is 2. The zero-order valence-electron chi connectivity index (χ0n) is 12.0. The van der Waals surface area contributed by atoms with Gasteiger partial charge in [-0.3, -0.25) is 9.59 Å². The summed E-state index contributed by atoms with van der Waals surface area (Å²) in [6, 6.07) is 1.17. The molecule has 0 aliphatic carbocycles. The van der Waals surface area contributed by atoms with Crippen molar-refractivity contribution in [3.8, 4) is 0 Å². The molecule has 0 radical (unpaired) electrons. The molecule has 0 bridgehead atoms. The number of amides is 1. The molecule has 6 nitrogen and oxygen atoms in total. The Bertz CT molecular complexity index is 699. The fraction of sp³-hybridized carbons (Fsp3) is 0.357. The summed E-state index contributed by atoms with van der Waals surface area (Å²) in [6.07, 6.45) is 3.25. The second-order valence-corrected chi connectivity index (χ2v) is 4.95. The Balaban J connectivity index is 2.20. The van der Waals surface area contributed by atoms with Gasteiger partial charge in [0, 0.05) is 36.9 Å². The molecule has 0 aliphatic heterocycles. The van der Waals surface area contributed by atoms with Gasteiger partial charge in [0.25, 0.3) is 5.91 Å². The highest BCUT2D eigenvalue weighted by atomic mass is 16.2. The van der Waals surface area contributed by atoms with Crippen molar-refractivity contribution in [2.24, 2.45) is 7.05 Å². The van der Waals surface area contributed by atoms with E-state index >= 15 is 0 Å². The number of aromatic nitrogens is 3. The number of H-pyrrole nitrogens is 1. The third-order valence-corrected chi connectivity index (χ3v) is 3.21. The molecule has 0 saturated heterocycles. The highest BCUT2D eigenvalue weighted by Crippen LogP contribution is 2.08. The van der Waals surface area contributed by atoms with E-state index in [4.69, 9.17) is 0 Å². The smallest absolute Gasteiger partial charge is 0.257 e. The van der Waals surface area contributed by atoms with E-state index in [1.54, 1.807) is 24.0 Å². The van der Waals surface area contributed by atoms with Crippen molar-refractivity contribution in [2.45, 2.75) is 26.8 Å². The van der Waals surface area contributed by atoms with E-state index < -0.39 is 5.91 Å². The van der Waals surface area contributed by atoms with Gasteiger partial charge in [-0.15, -0.1) is 0 Å². The highest BCUT2D eigenvalue weighted by Gasteiger charge is 2.16. The molecule has 0 aliphatic rings. The Kier molecular flexibility index (Phi) is 3.74. The van der Waals surface area contributed by atoms with Gasteiger partial charge in [0.1, 0.15) is 11.4 Å². The molecule has 0 aromatic carbocycles. The van der Waals surface area contributed by atoms with Crippen molar-refractivity contribution in [2.75, 3.05) is 0 Å². The van der Waals surface area contributed by atoms with E-state index in [-0.39, 0.29) is 17.0 Å². The fourth-order valence-electron chi connectivity index (χ4n) is 1.89. The Morgan fingerprint density at radius 3 is 2.75 bits per heavy atom. The Hall–Kier alpha value is -2.37. The average Bonchev–Trinajstić information content (AvgIpc) is 2.80. The van der Waals surface area contributed by atoms with E-state index in [9.17, 15) is 9.59 Å². The molecule has 20 heavy (non-hydrogen) atoms. The van der Waals surface area contributed by atoms with Gasteiger partial charge in [-0.1, -0.05) is 0 Å². The monoisotopic (exact) mass is 274 g/mol. The molecule has 6 heteroatoms. The predicted molar refractivity (Wildman–Crippen MR) is 75.6 cm³/mol. The van der Waals surface area contributed by atoms with E-state index in [2.05, 4.69) is 15.3 Å². The lowest BCUT2D eigenvalue weighted by Gasteiger charge is -2.12. The molecule has 2 heterocycles.